The van der Waals surface area contributed by atoms with Crippen molar-refractivity contribution in [1.29, 1.82) is 0 Å². The number of fused-ring (bicyclic) bond motifs is 5. The lowest BCUT2D eigenvalue weighted by Gasteiger charge is -2.19. The van der Waals surface area contributed by atoms with E-state index in [1.807, 2.05) is 0 Å². The van der Waals surface area contributed by atoms with E-state index in [4.69, 9.17) is 4.74 Å². The van der Waals surface area contributed by atoms with E-state index < -0.39 is 5.97 Å². The van der Waals surface area contributed by atoms with Crippen LogP contribution in [0, 0.1) is 23.7 Å². The van der Waals surface area contributed by atoms with Crippen molar-refractivity contribution >= 4 is 23.5 Å². The molecule has 1 aliphatic heterocycles. The van der Waals surface area contributed by atoms with Crippen molar-refractivity contribution in [3.05, 3.63) is 29.8 Å². The maximum atomic E-state index is 12.8. The maximum absolute atomic E-state index is 12.8. The normalized spacial score (nSPS) is 31.6. The molecule has 2 bridgehead atoms. The number of hydrogen-bond donors (Lipinski definition) is 0. The Morgan fingerprint density at radius 2 is 1.83 bits per heavy atom. The first-order valence-corrected chi connectivity index (χ1v) is 8.26. The molecule has 23 heavy (non-hydrogen) atoms. The fraction of sp³-hybridized carbons (Fsp3) is 0.500. The van der Waals surface area contributed by atoms with Gasteiger partial charge in [0.05, 0.1) is 29.7 Å². The molecule has 3 aliphatic rings. The maximum Gasteiger partial charge on any atom is 0.338 e. The fourth-order valence-electron chi connectivity index (χ4n) is 4.65. The largest absolute Gasteiger partial charge is 0.462 e. The zero-order valence-corrected chi connectivity index (χ0v) is 13.0. The summed E-state index contributed by atoms with van der Waals surface area (Å²) in [5.74, 6) is -0.186. The van der Waals surface area contributed by atoms with Crippen LogP contribution in [-0.2, 0) is 14.3 Å². The number of carbonyl (C=O) groups is 3. The molecule has 0 aromatic heterocycles. The van der Waals surface area contributed by atoms with Gasteiger partial charge in [-0.1, -0.05) is 6.07 Å². The molecule has 0 radical (unpaired) electrons. The number of hydrogen-bond acceptors (Lipinski definition) is 4. The minimum Gasteiger partial charge on any atom is -0.462 e. The summed E-state index contributed by atoms with van der Waals surface area (Å²) in [4.78, 5) is 38.7. The number of amides is 2. The van der Waals surface area contributed by atoms with Crippen molar-refractivity contribution in [2.45, 2.75) is 26.2 Å². The Kier molecular flexibility index (Phi) is 3.25. The second-order valence-corrected chi connectivity index (χ2v) is 6.67. The minimum atomic E-state index is -0.436. The van der Waals surface area contributed by atoms with Gasteiger partial charge in [-0.25, -0.2) is 4.79 Å². The monoisotopic (exact) mass is 313 g/mol. The average molecular weight is 313 g/mol. The summed E-state index contributed by atoms with van der Waals surface area (Å²) in [6.07, 6.45) is 3.13. The summed E-state index contributed by atoms with van der Waals surface area (Å²) in [6, 6.07) is 6.61. The molecule has 1 aromatic rings. The third-order valence-electron chi connectivity index (χ3n) is 5.54. The van der Waals surface area contributed by atoms with Gasteiger partial charge in [0.15, 0.2) is 0 Å². The first-order chi connectivity index (χ1) is 11.1. The van der Waals surface area contributed by atoms with Gasteiger partial charge in [0.25, 0.3) is 0 Å². The molecule has 2 aliphatic carbocycles. The third-order valence-corrected chi connectivity index (χ3v) is 5.54. The molecule has 1 heterocycles. The number of ether oxygens (including phenoxy) is 1. The summed E-state index contributed by atoms with van der Waals surface area (Å²) < 4.78 is 4.99. The van der Waals surface area contributed by atoms with E-state index in [-0.39, 0.29) is 30.3 Å². The third kappa shape index (κ3) is 2.02. The van der Waals surface area contributed by atoms with Crippen LogP contribution in [0.1, 0.15) is 36.5 Å². The van der Waals surface area contributed by atoms with E-state index in [9.17, 15) is 14.4 Å². The number of nitrogens with zero attached hydrogens (tertiary/aromatic N) is 1. The molecule has 3 fully saturated rings. The molecule has 120 valence electrons. The Hall–Kier alpha value is -2.17. The zero-order chi connectivity index (χ0) is 16.1. The lowest BCUT2D eigenvalue weighted by molar-refractivity contribution is -0.123. The SMILES string of the molecule is CCOC(=O)c1cccc(N2C(=O)C3C4CCC(C4)C3C2=O)c1. The predicted octanol–water partition coefficient (Wildman–Crippen LogP) is 2.40. The number of anilines is 1. The van der Waals surface area contributed by atoms with E-state index in [0.29, 0.717) is 23.1 Å². The molecule has 0 N–H and O–H groups in total. The highest BCUT2D eigenvalue weighted by Crippen LogP contribution is 2.56. The molecule has 1 saturated heterocycles. The molecule has 2 saturated carbocycles. The number of imide groups is 1. The molecule has 4 unspecified atom stereocenters. The Morgan fingerprint density at radius 1 is 1.17 bits per heavy atom. The second-order valence-electron chi connectivity index (χ2n) is 6.67. The summed E-state index contributed by atoms with van der Waals surface area (Å²) in [6.45, 7) is 2.03. The summed E-state index contributed by atoms with van der Waals surface area (Å²) in [5.41, 5.74) is 0.851. The van der Waals surface area contributed by atoms with Crippen LogP contribution in [0.2, 0.25) is 0 Å². The number of carbonyl (C=O) groups excluding carboxylic acids is 3. The summed E-state index contributed by atoms with van der Waals surface area (Å²) in [7, 11) is 0. The number of esters is 1. The Balaban J connectivity index is 1.66. The molecule has 5 nitrogen and oxygen atoms in total. The second kappa shape index (κ2) is 5.18. The topological polar surface area (TPSA) is 63.7 Å². The highest BCUT2D eigenvalue weighted by atomic mass is 16.5. The van der Waals surface area contributed by atoms with E-state index in [1.54, 1.807) is 31.2 Å². The lowest BCUT2D eigenvalue weighted by Crippen LogP contribution is -2.32. The molecule has 1 aromatic carbocycles. The van der Waals surface area contributed by atoms with Crippen LogP contribution < -0.4 is 4.90 Å². The highest BCUT2D eigenvalue weighted by molar-refractivity contribution is 6.22. The van der Waals surface area contributed by atoms with Crippen molar-refractivity contribution in [3.8, 4) is 0 Å². The summed E-state index contributed by atoms with van der Waals surface area (Å²) >= 11 is 0. The Morgan fingerprint density at radius 3 is 2.43 bits per heavy atom. The van der Waals surface area contributed by atoms with Crippen molar-refractivity contribution in [2.75, 3.05) is 11.5 Å². The molecule has 0 spiro atoms. The fourth-order valence-corrected chi connectivity index (χ4v) is 4.65. The van der Waals surface area contributed by atoms with E-state index in [0.717, 1.165) is 19.3 Å². The van der Waals surface area contributed by atoms with E-state index in [2.05, 4.69) is 0 Å². The van der Waals surface area contributed by atoms with Crippen LogP contribution in [0.5, 0.6) is 0 Å². The number of rotatable bonds is 3. The van der Waals surface area contributed by atoms with Gasteiger partial charge in [-0.2, -0.15) is 0 Å². The van der Waals surface area contributed by atoms with Crippen molar-refractivity contribution in [3.63, 3.8) is 0 Å². The van der Waals surface area contributed by atoms with E-state index >= 15 is 0 Å². The molecule has 5 heteroatoms. The van der Waals surface area contributed by atoms with Crippen molar-refractivity contribution < 1.29 is 19.1 Å². The first kappa shape index (κ1) is 14.4. The smallest absolute Gasteiger partial charge is 0.338 e. The van der Waals surface area contributed by atoms with Gasteiger partial charge in [0.1, 0.15) is 0 Å². The minimum absolute atomic E-state index is 0.0896. The number of benzene rings is 1. The quantitative estimate of drug-likeness (QED) is 0.635. The first-order valence-electron chi connectivity index (χ1n) is 8.26. The van der Waals surface area contributed by atoms with Gasteiger partial charge in [0, 0.05) is 0 Å². The molecule has 2 amide bonds. The van der Waals surface area contributed by atoms with Crippen LogP contribution >= 0.6 is 0 Å². The van der Waals surface area contributed by atoms with Gasteiger partial charge >= 0.3 is 5.97 Å². The van der Waals surface area contributed by atoms with Crippen molar-refractivity contribution in [1.82, 2.24) is 0 Å². The zero-order valence-electron chi connectivity index (χ0n) is 13.0. The van der Waals surface area contributed by atoms with E-state index in [1.165, 1.54) is 4.90 Å². The molecular formula is C18H19NO4. The van der Waals surface area contributed by atoms with Crippen LogP contribution in [0.3, 0.4) is 0 Å². The average Bonchev–Trinajstić information content (AvgIpc) is 3.22. The van der Waals surface area contributed by atoms with Crippen LogP contribution in [0.4, 0.5) is 5.69 Å². The van der Waals surface area contributed by atoms with Gasteiger partial charge in [-0.05, 0) is 56.2 Å². The Bertz CT molecular complexity index is 670. The van der Waals surface area contributed by atoms with Gasteiger partial charge < -0.3 is 4.74 Å². The molecule has 4 atom stereocenters. The molecule has 4 rings (SSSR count). The van der Waals surface area contributed by atoms with Gasteiger partial charge in [0.2, 0.25) is 11.8 Å². The van der Waals surface area contributed by atoms with Gasteiger partial charge in [-0.3, -0.25) is 14.5 Å². The van der Waals surface area contributed by atoms with Crippen LogP contribution in [-0.4, -0.2) is 24.4 Å². The Labute approximate surface area is 134 Å². The summed E-state index contributed by atoms with van der Waals surface area (Å²) in [5, 5.41) is 0. The highest BCUT2D eigenvalue weighted by Gasteiger charge is 2.61. The van der Waals surface area contributed by atoms with Gasteiger partial charge in [-0.15, -0.1) is 0 Å². The lowest BCUT2D eigenvalue weighted by atomic mass is 9.81. The van der Waals surface area contributed by atoms with Crippen LogP contribution in [0.25, 0.3) is 0 Å². The predicted molar refractivity (Wildman–Crippen MR) is 82.7 cm³/mol. The molecular weight excluding hydrogens is 294 g/mol. The van der Waals surface area contributed by atoms with Crippen LogP contribution in [0.15, 0.2) is 24.3 Å². The standard InChI is InChI=1S/C18H19NO4/c1-2-23-18(22)12-4-3-5-13(9-12)19-16(20)14-10-6-7-11(8-10)15(14)17(19)21/h3-5,9-11,14-15H,2,6-8H2,1H3. The van der Waals surface area contributed by atoms with Crippen molar-refractivity contribution in [2.24, 2.45) is 23.7 Å².